The van der Waals surface area contributed by atoms with Crippen LogP contribution in [-0.2, 0) is 6.42 Å². The zero-order valence-corrected chi connectivity index (χ0v) is 17.6. The third-order valence-electron chi connectivity index (χ3n) is 4.20. The molecule has 2 rings (SSSR count). The van der Waals surface area contributed by atoms with Crippen LogP contribution in [0.15, 0.2) is 35.3 Å². The van der Waals surface area contributed by atoms with Gasteiger partial charge in [-0.25, -0.2) is 0 Å². The molecule has 0 amide bonds. The molecule has 1 saturated carbocycles. The monoisotopic (exact) mass is 444 g/mol. The predicted molar refractivity (Wildman–Crippen MR) is 114 cm³/mol. The Morgan fingerprint density at radius 1 is 1.21 bits per heavy atom. The van der Waals surface area contributed by atoms with Crippen LogP contribution in [0.5, 0.6) is 0 Å². The first-order chi connectivity index (χ1) is 11.2. The molecule has 1 aliphatic carbocycles. The first kappa shape index (κ1) is 21.2. The molecule has 0 spiro atoms. The van der Waals surface area contributed by atoms with Crippen molar-refractivity contribution in [2.75, 3.05) is 26.2 Å². The highest BCUT2D eigenvalue weighted by Gasteiger charge is 2.29. The number of benzene rings is 1. The average molecular weight is 444 g/mol. The van der Waals surface area contributed by atoms with Gasteiger partial charge in [0.05, 0.1) is 6.54 Å². The highest BCUT2D eigenvalue weighted by molar-refractivity contribution is 14.0. The van der Waals surface area contributed by atoms with Crippen molar-refractivity contribution < 1.29 is 0 Å². The lowest BCUT2D eigenvalue weighted by Gasteiger charge is -2.25. The fourth-order valence-electron chi connectivity index (χ4n) is 2.86. The van der Waals surface area contributed by atoms with Gasteiger partial charge in [-0.2, -0.15) is 0 Å². The van der Waals surface area contributed by atoms with Gasteiger partial charge in [-0.15, -0.1) is 24.0 Å². The number of rotatable bonds is 9. The number of nitrogens with one attached hydrogen (secondary N) is 2. The second-order valence-corrected chi connectivity index (χ2v) is 6.49. The maximum absolute atomic E-state index is 4.73. The van der Waals surface area contributed by atoms with Crippen molar-refractivity contribution >= 4 is 29.9 Å². The summed E-state index contributed by atoms with van der Waals surface area (Å²) in [5.74, 6) is 0.933. The van der Waals surface area contributed by atoms with E-state index >= 15 is 0 Å². The maximum atomic E-state index is 4.73. The predicted octanol–water partition coefficient (Wildman–Crippen LogP) is 3.28. The largest absolute Gasteiger partial charge is 0.357 e. The SMILES string of the molecule is CCNC(=NCCN(C(C)C)C1CC1)NCCc1ccccc1.I. The third-order valence-corrected chi connectivity index (χ3v) is 4.20. The standard InChI is InChI=1S/C19H32N4.HI/c1-4-20-19(21-13-12-17-8-6-5-7-9-17)22-14-15-23(16(2)3)18-10-11-18;/h5-9,16,18H,4,10-15H2,1-3H3,(H2,20,21,22);1H. The Balaban J connectivity index is 0.00000288. The second kappa shape index (κ2) is 11.7. The molecule has 1 aromatic rings. The van der Waals surface area contributed by atoms with E-state index in [0.29, 0.717) is 6.04 Å². The van der Waals surface area contributed by atoms with Crippen LogP contribution in [0.4, 0.5) is 0 Å². The number of guanidine groups is 1. The van der Waals surface area contributed by atoms with Crippen molar-refractivity contribution in [2.24, 2.45) is 4.99 Å². The van der Waals surface area contributed by atoms with E-state index in [-0.39, 0.29) is 24.0 Å². The Labute approximate surface area is 164 Å². The lowest BCUT2D eigenvalue weighted by Crippen LogP contribution is -2.40. The van der Waals surface area contributed by atoms with Gasteiger partial charge in [-0.05, 0) is 45.6 Å². The molecule has 0 aromatic heterocycles. The van der Waals surface area contributed by atoms with E-state index in [0.717, 1.165) is 44.6 Å². The lowest BCUT2D eigenvalue weighted by molar-refractivity contribution is 0.218. The third kappa shape index (κ3) is 7.83. The molecule has 1 fully saturated rings. The second-order valence-electron chi connectivity index (χ2n) is 6.49. The van der Waals surface area contributed by atoms with Gasteiger partial charge >= 0.3 is 0 Å². The minimum Gasteiger partial charge on any atom is -0.357 e. The van der Waals surface area contributed by atoms with Crippen LogP contribution in [-0.4, -0.2) is 49.1 Å². The van der Waals surface area contributed by atoms with E-state index in [2.05, 4.69) is 66.6 Å². The summed E-state index contributed by atoms with van der Waals surface area (Å²) < 4.78 is 0. The summed E-state index contributed by atoms with van der Waals surface area (Å²) in [4.78, 5) is 7.31. The van der Waals surface area contributed by atoms with E-state index in [1.54, 1.807) is 0 Å². The van der Waals surface area contributed by atoms with E-state index in [9.17, 15) is 0 Å². The Morgan fingerprint density at radius 3 is 2.50 bits per heavy atom. The molecule has 0 unspecified atom stereocenters. The molecule has 0 bridgehead atoms. The number of hydrogen-bond donors (Lipinski definition) is 2. The molecule has 0 atom stereocenters. The summed E-state index contributed by atoms with van der Waals surface area (Å²) in [7, 11) is 0. The zero-order valence-electron chi connectivity index (χ0n) is 15.3. The molecule has 5 heteroatoms. The van der Waals surface area contributed by atoms with Crippen LogP contribution in [0, 0.1) is 0 Å². The summed E-state index contributed by atoms with van der Waals surface area (Å²) in [6.07, 6.45) is 3.74. The summed E-state index contributed by atoms with van der Waals surface area (Å²) in [6, 6.07) is 12.0. The molecule has 1 aromatic carbocycles. The Morgan fingerprint density at radius 2 is 1.92 bits per heavy atom. The Hall–Kier alpha value is -0.820. The quantitative estimate of drug-likeness (QED) is 0.349. The van der Waals surface area contributed by atoms with Crippen molar-refractivity contribution in [3.63, 3.8) is 0 Å². The topological polar surface area (TPSA) is 39.7 Å². The van der Waals surface area contributed by atoms with Gasteiger partial charge in [0.1, 0.15) is 0 Å². The molecule has 24 heavy (non-hydrogen) atoms. The summed E-state index contributed by atoms with van der Waals surface area (Å²) in [5, 5.41) is 6.77. The van der Waals surface area contributed by atoms with Gasteiger partial charge in [0, 0.05) is 31.7 Å². The fraction of sp³-hybridized carbons (Fsp3) is 0.632. The van der Waals surface area contributed by atoms with Gasteiger partial charge in [-0.3, -0.25) is 9.89 Å². The summed E-state index contributed by atoms with van der Waals surface area (Å²) >= 11 is 0. The summed E-state index contributed by atoms with van der Waals surface area (Å²) in [6.45, 7) is 10.4. The van der Waals surface area contributed by atoms with E-state index in [1.807, 2.05) is 0 Å². The minimum absolute atomic E-state index is 0. The van der Waals surface area contributed by atoms with E-state index in [4.69, 9.17) is 4.99 Å². The smallest absolute Gasteiger partial charge is 0.191 e. The lowest BCUT2D eigenvalue weighted by atomic mass is 10.1. The van der Waals surface area contributed by atoms with Gasteiger partial charge in [0.2, 0.25) is 0 Å². The van der Waals surface area contributed by atoms with Crippen LogP contribution >= 0.6 is 24.0 Å². The van der Waals surface area contributed by atoms with E-state index in [1.165, 1.54) is 18.4 Å². The van der Waals surface area contributed by atoms with Gasteiger partial charge < -0.3 is 10.6 Å². The highest BCUT2D eigenvalue weighted by Crippen LogP contribution is 2.28. The van der Waals surface area contributed by atoms with Crippen molar-refractivity contribution in [1.82, 2.24) is 15.5 Å². The van der Waals surface area contributed by atoms with Crippen molar-refractivity contribution in [3.8, 4) is 0 Å². The molecule has 0 aliphatic heterocycles. The fourth-order valence-corrected chi connectivity index (χ4v) is 2.86. The van der Waals surface area contributed by atoms with Crippen molar-refractivity contribution in [3.05, 3.63) is 35.9 Å². The normalized spacial score (nSPS) is 14.6. The summed E-state index contributed by atoms with van der Waals surface area (Å²) in [5.41, 5.74) is 1.36. The molecule has 0 saturated heterocycles. The first-order valence-electron chi connectivity index (χ1n) is 9.02. The number of hydrogen-bond acceptors (Lipinski definition) is 2. The van der Waals surface area contributed by atoms with Gasteiger partial charge in [-0.1, -0.05) is 30.3 Å². The van der Waals surface area contributed by atoms with Gasteiger partial charge in [0.15, 0.2) is 5.96 Å². The number of nitrogens with zero attached hydrogens (tertiary/aromatic N) is 2. The van der Waals surface area contributed by atoms with E-state index < -0.39 is 0 Å². The number of halogens is 1. The first-order valence-corrected chi connectivity index (χ1v) is 9.02. The minimum atomic E-state index is 0. The zero-order chi connectivity index (χ0) is 16.5. The Bertz CT molecular complexity index is 470. The molecule has 136 valence electrons. The average Bonchev–Trinajstić information content (AvgIpc) is 3.37. The Kier molecular flexibility index (Phi) is 10.3. The molecular weight excluding hydrogens is 411 g/mol. The number of aliphatic imine (C=N–C) groups is 1. The molecule has 0 heterocycles. The van der Waals surface area contributed by atoms with Crippen molar-refractivity contribution in [1.29, 1.82) is 0 Å². The molecule has 0 radical (unpaired) electrons. The molecule has 4 nitrogen and oxygen atoms in total. The molecular formula is C19H33IN4. The van der Waals surface area contributed by atoms with Crippen LogP contribution in [0.1, 0.15) is 39.2 Å². The van der Waals surface area contributed by atoms with Crippen LogP contribution in [0.25, 0.3) is 0 Å². The molecule has 1 aliphatic rings. The molecule has 2 N–H and O–H groups in total. The van der Waals surface area contributed by atoms with Crippen molar-refractivity contribution in [2.45, 2.75) is 52.1 Å². The van der Waals surface area contributed by atoms with Gasteiger partial charge in [0.25, 0.3) is 0 Å². The van der Waals surface area contributed by atoms with Crippen LogP contribution in [0.3, 0.4) is 0 Å². The maximum Gasteiger partial charge on any atom is 0.191 e. The van der Waals surface area contributed by atoms with Crippen LogP contribution in [0.2, 0.25) is 0 Å². The highest BCUT2D eigenvalue weighted by atomic mass is 127. The van der Waals surface area contributed by atoms with Crippen LogP contribution < -0.4 is 10.6 Å².